The minimum atomic E-state index is -0.420. The van der Waals surface area contributed by atoms with E-state index in [0.717, 1.165) is 12.8 Å². The van der Waals surface area contributed by atoms with Crippen molar-refractivity contribution in [3.8, 4) is 6.07 Å². The Balaban J connectivity index is 1.92. The molecule has 1 aromatic carbocycles. The molecule has 2 amide bonds. The number of hydrogen-bond acceptors (Lipinski definition) is 3. The normalized spacial score (nSPS) is 15.8. The Morgan fingerprint density at radius 3 is 2.53 bits per heavy atom. The number of nitriles is 1. The summed E-state index contributed by atoms with van der Waals surface area (Å²) in [4.78, 5) is 11.6. The van der Waals surface area contributed by atoms with Crippen LogP contribution in [0.4, 0.5) is 10.5 Å². The first kappa shape index (κ1) is 11.4. The van der Waals surface area contributed by atoms with Gasteiger partial charge in [0, 0.05) is 5.69 Å². The minimum absolute atomic E-state index is 0.0339. The smallest absolute Gasteiger partial charge is 0.319 e. The molecule has 1 aliphatic rings. The molecule has 0 bridgehead atoms. The van der Waals surface area contributed by atoms with Gasteiger partial charge in [0.25, 0.3) is 0 Å². The number of nitrogens with zero attached hydrogens (tertiary/aromatic N) is 1. The minimum Gasteiger partial charge on any atom is -0.394 e. The van der Waals surface area contributed by atoms with Crippen molar-refractivity contribution in [2.24, 2.45) is 0 Å². The van der Waals surface area contributed by atoms with E-state index in [4.69, 9.17) is 10.4 Å². The highest BCUT2D eigenvalue weighted by Crippen LogP contribution is 2.34. The van der Waals surface area contributed by atoms with Crippen molar-refractivity contribution in [1.29, 1.82) is 5.26 Å². The molecular weight excluding hydrogens is 218 g/mol. The van der Waals surface area contributed by atoms with Crippen LogP contribution in [-0.2, 0) is 0 Å². The predicted octanol–water partition coefficient (Wildman–Crippen LogP) is 1.20. The van der Waals surface area contributed by atoms with Crippen molar-refractivity contribution in [3.05, 3.63) is 29.8 Å². The van der Waals surface area contributed by atoms with E-state index in [1.165, 1.54) is 0 Å². The van der Waals surface area contributed by atoms with Gasteiger partial charge in [0.15, 0.2) is 0 Å². The molecule has 0 radical (unpaired) electrons. The topological polar surface area (TPSA) is 85.2 Å². The van der Waals surface area contributed by atoms with E-state index in [2.05, 4.69) is 10.6 Å². The van der Waals surface area contributed by atoms with E-state index in [0.29, 0.717) is 11.3 Å². The van der Waals surface area contributed by atoms with Crippen LogP contribution in [0, 0.1) is 11.3 Å². The standard InChI is InChI=1S/C12H13N3O2/c13-7-9-1-3-10(4-2-9)14-11(17)15-12(8-16)5-6-12/h1-4,16H,5-6,8H2,(H2,14,15,17). The largest absolute Gasteiger partial charge is 0.394 e. The SMILES string of the molecule is N#Cc1ccc(NC(=O)NC2(CO)CC2)cc1. The molecule has 0 atom stereocenters. The molecule has 1 aromatic rings. The highest BCUT2D eigenvalue weighted by Gasteiger charge is 2.43. The van der Waals surface area contributed by atoms with Gasteiger partial charge in [-0.3, -0.25) is 0 Å². The zero-order chi connectivity index (χ0) is 12.3. The first-order valence-corrected chi connectivity index (χ1v) is 5.38. The van der Waals surface area contributed by atoms with Crippen LogP contribution >= 0.6 is 0 Å². The molecule has 5 nitrogen and oxygen atoms in total. The molecule has 3 N–H and O–H groups in total. The molecule has 1 saturated carbocycles. The fourth-order valence-electron chi connectivity index (χ4n) is 1.50. The number of carbonyl (C=O) groups is 1. The number of hydrogen-bond donors (Lipinski definition) is 3. The maximum atomic E-state index is 11.6. The molecule has 0 spiro atoms. The molecule has 0 aliphatic heterocycles. The molecule has 5 heteroatoms. The summed E-state index contributed by atoms with van der Waals surface area (Å²) >= 11 is 0. The summed E-state index contributed by atoms with van der Waals surface area (Å²) in [5.41, 5.74) is 0.747. The Kier molecular flexibility index (Phi) is 2.98. The highest BCUT2D eigenvalue weighted by molar-refractivity contribution is 5.90. The number of nitrogens with one attached hydrogen (secondary N) is 2. The zero-order valence-electron chi connectivity index (χ0n) is 9.23. The van der Waals surface area contributed by atoms with Crippen LogP contribution < -0.4 is 10.6 Å². The quantitative estimate of drug-likeness (QED) is 0.730. The molecule has 0 saturated heterocycles. The summed E-state index contributed by atoms with van der Waals surface area (Å²) in [5, 5.41) is 23.1. The lowest BCUT2D eigenvalue weighted by Crippen LogP contribution is -2.42. The first-order chi connectivity index (χ1) is 8.17. The molecule has 17 heavy (non-hydrogen) atoms. The lowest BCUT2D eigenvalue weighted by Gasteiger charge is -2.14. The first-order valence-electron chi connectivity index (χ1n) is 5.38. The zero-order valence-corrected chi connectivity index (χ0v) is 9.23. The third-order valence-corrected chi connectivity index (χ3v) is 2.81. The van der Waals surface area contributed by atoms with Crippen molar-refractivity contribution < 1.29 is 9.90 Å². The van der Waals surface area contributed by atoms with E-state index in [9.17, 15) is 4.79 Å². The molecule has 0 aromatic heterocycles. The summed E-state index contributed by atoms with van der Waals surface area (Å²) < 4.78 is 0. The fraction of sp³-hybridized carbons (Fsp3) is 0.333. The number of rotatable bonds is 3. The monoisotopic (exact) mass is 231 g/mol. The van der Waals surface area contributed by atoms with Crippen LogP contribution in [0.2, 0.25) is 0 Å². The lowest BCUT2D eigenvalue weighted by atomic mass is 10.2. The van der Waals surface area contributed by atoms with Gasteiger partial charge in [-0.1, -0.05) is 0 Å². The number of benzene rings is 1. The Morgan fingerprint density at radius 1 is 1.41 bits per heavy atom. The summed E-state index contributed by atoms with van der Waals surface area (Å²) in [7, 11) is 0. The van der Waals surface area contributed by atoms with Gasteiger partial charge in [0.2, 0.25) is 0 Å². The van der Waals surface area contributed by atoms with E-state index in [-0.39, 0.29) is 12.6 Å². The van der Waals surface area contributed by atoms with Gasteiger partial charge in [0.05, 0.1) is 23.8 Å². The van der Waals surface area contributed by atoms with Crippen LogP contribution in [-0.4, -0.2) is 23.3 Å². The Bertz CT molecular complexity index is 458. The second-order valence-electron chi connectivity index (χ2n) is 4.21. The van der Waals surface area contributed by atoms with Crippen molar-refractivity contribution in [1.82, 2.24) is 5.32 Å². The van der Waals surface area contributed by atoms with Crippen molar-refractivity contribution in [2.75, 3.05) is 11.9 Å². The van der Waals surface area contributed by atoms with Crippen LogP contribution in [0.15, 0.2) is 24.3 Å². The van der Waals surface area contributed by atoms with Crippen LogP contribution in [0.3, 0.4) is 0 Å². The molecular formula is C12H13N3O2. The average Bonchev–Trinajstić information content (AvgIpc) is 3.10. The second-order valence-corrected chi connectivity index (χ2v) is 4.21. The van der Waals surface area contributed by atoms with E-state index in [1.807, 2.05) is 6.07 Å². The highest BCUT2D eigenvalue weighted by atomic mass is 16.3. The number of amides is 2. The second kappa shape index (κ2) is 4.44. The summed E-state index contributed by atoms with van der Waals surface area (Å²) in [5.74, 6) is 0. The van der Waals surface area contributed by atoms with Crippen molar-refractivity contribution in [3.63, 3.8) is 0 Å². The van der Waals surface area contributed by atoms with Gasteiger partial charge in [-0.25, -0.2) is 4.79 Å². The van der Waals surface area contributed by atoms with E-state index in [1.54, 1.807) is 24.3 Å². The van der Waals surface area contributed by atoms with Gasteiger partial charge >= 0.3 is 6.03 Å². The molecule has 1 aliphatic carbocycles. The predicted molar refractivity (Wildman–Crippen MR) is 62.4 cm³/mol. The number of aliphatic hydroxyl groups is 1. The van der Waals surface area contributed by atoms with Crippen LogP contribution in [0.5, 0.6) is 0 Å². The average molecular weight is 231 g/mol. The van der Waals surface area contributed by atoms with E-state index >= 15 is 0 Å². The van der Waals surface area contributed by atoms with Crippen molar-refractivity contribution >= 4 is 11.7 Å². The summed E-state index contributed by atoms with van der Waals surface area (Å²) in [6.07, 6.45) is 1.62. The van der Waals surface area contributed by atoms with Crippen molar-refractivity contribution in [2.45, 2.75) is 18.4 Å². The molecule has 2 rings (SSSR count). The lowest BCUT2D eigenvalue weighted by molar-refractivity contribution is 0.217. The Labute approximate surface area is 99.1 Å². The van der Waals surface area contributed by atoms with Crippen LogP contribution in [0.1, 0.15) is 18.4 Å². The third-order valence-electron chi connectivity index (χ3n) is 2.81. The summed E-state index contributed by atoms with van der Waals surface area (Å²) in [6.45, 7) is -0.0339. The van der Waals surface area contributed by atoms with Gasteiger partial charge in [-0.2, -0.15) is 5.26 Å². The maximum Gasteiger partial charge on any atom is 0.319 e. The Morgan fingerprint density at radius 2 is 2.06 bits per heavy atom. The number of urea groups is 1. The van der Waals surface area contributed by atoms with Gasteiger partial charge in [0.1, 0.15) is 0 Å². The van der Waals surface area contributed by atoms with Gasteiger partial charge in [-0.15, -0.1) is 0 Å². The van der Waals surface area contributed by atoms with Gasteiger partial charge < -0.3 is 15.7 Å². The maximum absolute atomic E-state index is 11.6. The van der Waals surface area contributed by atoms with Gasteiger partial charge in [-0.05, 0) is 37.1 Å². The van der Waals surface area contributed by atoms with E-state index < -0.39 is 5.54 Å². The van der Waals surface area contributed by atoms with Crippen LogP contribution in [0.25, 0.3) is 0 Å². The fourth-order valence-corrected chi connectivity index (χ4v) is 1.50. The Hall–Kier alpha value is -2.06. The number of carbonyl (C=O) groups excluding carboxylic acids is 1. The number of aliphatic hydroxyl groups excluding tert-OH is 1. The third kappa shape index (κ3) is 2.74. The number of anilines is 1. The molecule has 1 fully saturated rings. The molecule has 88 valence electrons. The molecule has 0 unspecified atom stereocenters. The molecule has 0 heterocycles. The summed E-state index contributed by atoms with van der Waals surface area (Å²) in [6, 6.07) is 8.26.